The summed E-state index contributed by atoms with van der Waals surface area (Å²) < 4.78 is 17.6. The maximum atomic E-state index is 13.2. The molecule has 2 aromatic heterocycles. The van der Waals surface area contributed by atoms with Crippen LogP contribution in [0.2, 0.25) is 0 Å². The summed E-state index contributed by atoms with van der Waals surface area (Å²) in [5.74, 6) is 2.65. The van der Waals surface area contributed by atoms with Crippen LogP contribution in [0.3, 0.4) is 0 Å². The lowest BCUT2D eigenvalue weighted by molar-refractivity contribution is -0.131. The first-order chi connectivity index (χ1) is 17.7. The Morgan fingerprint density at radius 1 is 1.14 bits per heavy atom. The second-order valence-electron chi connectivity index (χ2n) is 10.1. The van der Waals surface area contributed by atoms with Crippen LogP contribution < -0.4 is 19.5 Å². The van der Waals surface area contributed by atoms with Gasteiger partial charge in [-0.1, -0.05) is 0 Å². The topological polar surface area (TPSA) is 119 Å². The summed E-state index contributed by atoms with van der Waals surface area (Å²) >= 11 is 0. The Kier molecular flexibility index (Phi) is 5.00. The Labute approximate surface area is 207 Å². The molecule has 4 heterocycles. The molecule has 4 aliphatic rings. The number of benzene rings is 1. The zero-order valence-corrected chi connectivity index (χ0v) is 19.8. The highest BCUT2D eigenvalue weighted by Gasteiger charge is 2.37. The number of carbonyl (C=O) groups excluding carboxylic acids is 2. The van der Waals surface area contributed by atoms with E-state index in [1.54, 1.807) is 6.20 Å². The second kappa shape index (κ2) is 8.39. The Hall–Kier alpha value is -3.82. The zero-order chi connectivity index (χ0) is 24.2. The van der Waals surface area contributed by atoms with Gasteiger partial charge < -0.3 is 29.4 Å². The van der Waals surface area contributed by atoms with Crippen molar-refractivity contribution in [3.8, 4) is 28.5 Å². The number of nitrogens with zero attached hydrogens (tertiary/aromatic N) is 3. The molecule has 0 spiro atoms. The van der Waals surface area contributed by atoms with Crippen LogP contribution in [0.4, 0.5) is 0 Å². The van der Waals surface area contributed by atoms with Gasteiger partial charge in [0.2, 0.25) is 12.7 Å². The predicted molar refractivity (Wildman–Crippen MR) is 129 cm³/mol. The van der Waals surface area contributed by atoms with Crippen LogP contribution >= 0.6 is 0 Å². The normalized spacial score (nSPS) is 20.7. The SMILES string of the molecule is O=C(N[C@@H]1CCN(C(=O)C2CC2)C1)c1c[nH]c2c(-c3c(OCC4CC4)ccc4c3OCO4)ncnc12. The lowest BCUT2D eigenvalue weighted by Gasteiger charge is -2.16. The van der Waals surface area contributed by atoms with Gasteiger partial charge in [0.05, 0.1) is 23.3 Å². The minimum absolute atomic E-state index is 0.0724. The molecule has 10 nitrogen and oxygen atoms in total. The van der Waals surface area contributed by atoms with Gasteiger partial charge in [0, 0.05) is 31.2 Å². The minimum atomic E-state index is -0.222. The van der Waals surface area contributed by atoms with Gasteiger partial charge in [-0.2, -0.15) is 0 Å². The Bertz CT molecular complexity index is 1360. The van der Waals surface area contributed by atoms with Gasteiger partial charge in [-0.05, 0) is 50.2 Å². The van der Waals surface area contributed by atoms with Crippen LogP contribution in [0.1, 0.15) is 42.5 Å². The Morgan fingerprint density at radius 3 is 2.86 bits per heavy atom. The quantitative estimate of drug-likeness (QED) is 0.524. The number of rotatable bonds is 7. The van der Waals surface area contributed by atoms with Gasteiger partial charge >= 0.3 is 0 Å². The minimum Gasteiger partial charge on any atom is -0.492 e. The van der Waals surface area contributed by atoms with Crippen molar-refractivity contribution in [2.45, 2.75) is 38.1 Å². The molecular formula is C26H27N5O5. The summed E-state index contributed by atoms with van der Waals surface area (Å²) in [7, 11) is 0. The molecule has 1 saturated heterocycles. The van der Waals surface area contributed by atoms with Crippen molar-refractivity contribution in [2.75, 3.05) is 26.5 Å². The van der Waals surface area contributed by atoms with Crippen LogP contribution in [0.5, 0.6) is 17.2 Å². The monoisotopic (exact) mass is 489 g/mol. The molecule has 3 fully saturated rings. The highest BCUT2D eigenvalue weighted by molar-refractivity contribution is 6.08. The predicted octanol–water partition coefficient (Wildman–Crippen LogP) is 2.88. The smallest absolute Gasteiger partial charge is 0.255 e. The van der Waals surface area contributed by atoms with E-state index in [-0.39, 0.29) is 30.6 Å². The highest BCUT2D eigenvalue weighted by Crippen LogP contribution is 2.48. The number of hydrogen-bond donors (Lipinski definition) is 2. The van der Waals surface area contributed by atoms with Gasteiger partial charge in [-0.25, -0.2) is 9.97 Å². The van der Waals surface area contributed by atoms with Crippen molar-refractivity contribution < 1.29 is 23.8 Å². The van der Waals surface area contributed by atoms with Crippen LogP contribution in [0.25, 0.3) is 22.3 Å². The molecule has 36 heavy (non-hydrogen) atoms. The number of likely N-dealkylation sites (tertiary alicyclic amines) is 1. The number of fused-ring (bicyclic) bond motifs is 2. The van der Waals surface area contributed by atoms with E-state index in [9.17, 15) is 9.59 Å². The number of aromatic amines is 1. The summed E-state index contributed by atoms with van der Waals surface area (Å²) in [4.78, 5) is 39.6. The van der Waals surface area contributed by atoms with Crippen LogP contribution in [-0.2, 0) is 4.79 Å². The second-order valence-corrected chi connectivity index (χ2v) is 10.1. The summed E-state index contributed by atoms with van der Waals surface area (Å²) in [6, 6.07) is 3.65. The van der Waals surface area contributed by atoms with Crippen LogP contribution in [-0.4, -0.2) is 64.2 Å². The standard InChI is InChI=1S/C26H27N5O5/c32-25(30-16-7-8-31(10-16)26(33)15-3-4-15)17-9-27-23-21(17)28-12-29-22(23)20-18(34-11-14-1-2-14)5-6-19-24(20)36-13-35-19/h5-6,9,12,14-16,27H,1-4,7-8,10-11,13H2,(H,30,32)/t16-/m1/s1. The maximum Gasteiger partial charge on any atom is 0.255 e. The lowest BCUT2D eigenvalue weighted by Crippen LogP contribution is -2.38. The van der Waals surface area contributed by atoms with E-state index >= 15 is 0 Å². The summed E-state index contributed by atoms with van der Waals surface area (Å²) in [6.07, 6.45) is 8.19. The summed E-state index contributed by atoms with van der Waals surface area (Å²) in [6.45, 7) is 2.01. The fourth-order valence-electron chi connectivity index (χ4n) is 5.02. The van der Waals surface area contributed by atoms with Crippen molar-refractivity contribution in [3.05, 3.63) is 30.2 Å². The average Bonchev–Trinajstić information content (AvgIpc) is 3.76. The molecule has 0 unspecified atom stereocenters. The molecule has 1 aromatic carbocycles. The van der Waals surface area contributed by atoms with Crippen molar-refractivity contribution in [1.82, 2.24) is 25.2 Å². The number of nitrogens with one attached hydrogen (secondary N) is 2. The molecule has 10 heteroatoms. The third kappa shape index (κ3) is 3.81. The number of ether oxygens (including phenoxy) is 3. The average molecular weight is 490 g/mol. The molecule has 2 N–H and O–H groups in total. The highest BCUT2D eigenvalue weighted by atomic mass is 16.7. The third-order valence-corrected chi connectivity index (χ3v) is 7.38. The van der Waals surface area contributed by atoms with Crippen LogP contribution in [0.15, 0.2) is 24.7 Å². The molecular weight excluding hydrogens is 462 g/mol. The van der Waals surface area contributed by atoms with Crippen molar-refractivity contribution in [1.29, 1.82) is 0 Å². The van der Waals surface area contributed by atoms with Gasteiger partial charge in [0.1, 0.15) is 23.3 Å². The third-order valence-electron chi connectivity index (χ3n) is 7.38. The molecule has 1 atom stereocenters. The van der Waals surface area contributed by atoms with E-state index in [2.05, 4.69) is 20.3 Å². The van der Waals surface area contributed by atoms with Crippen LogP contribution in [0, 0.1) is 11.8 Å². The summed E-state index contributed by atoms with van der Waals surface area (Å²) in [5, 5.41) is 3.09. The molecule has 2 aliphatic carbocycles. The van der Waals surface area contributed by atoms with Gasteiger partial charge in [-0.3, -0.25) is 9.59 Å². The number of amides is 2. The van der Waals surface area contributed by atoms with E-state index < -0.39 is 0 Å². The molecule has 0 radical (unpaired) electrons. The number of hydrogen-bond acceptors (Lipinski definition) is 7. The largest absolute Gasteiger partial charge is 0.492 e. The fraction of sp³-hybridized carbons (Fsp3) is 0.462. The molecule has 2 amide bonds. The Morgan fingerprint density at radius 2 is 2.03 bits per heavy atom. The molecule has 186 valence electrons. The van der Waals surface area contributed by atoms with E-state index in [4.69, 9.17) is 14.2 Å². The van der Waals surface area contributed by atoms with Gasteiger partial charge in [0.25, 0.3) is 5.91 Å². The van der Waals surface area contributed by atoms with Crippen molar-refractivity contribution in [2.24, 2.45) is 11.8 Å². The van der Waals surface area contributed by atoms with Crippen molar-refractivity contribution >= 4 is 22.8 Å². The molecule has 7 rings (SSSR count). The zero-order valence-electron chi connectivity index (χ0n) is 19.8. The van der Waals surface area contributed by atoms with Gasteiger partial charge in [0.15, 0.2) is 11.5 Å². The Balaban J connectivity index is 1.18. The lowest BCUT2D eigenvalue weighted by atomic mass is 10.1. The first kappa shape index (κ1) is 21.5. The van der Waals surface area contributed by atoms with Crippen molar-refractivity contribution in [3.63, 3.8) is 0 Å². The fourth-order valence-corrected chi connectivity index (χ4v) is 5.02. The van der Waals surface area contributed by atoms with Gasteiger partial charge in [-0.15, -0.1) is 0 Å². The van der Waals surface area contributed by atoms with E-state index in [1.807, 2.05) is 17.0 Å². The van der Waals surface area contributed by atoms with E-state index in [0.717, 1.165) is 19.3 Å². The van der Waals surface area contributed by atoms with E-state index in [0.29, 0.717) is 70.7 Å². The van der Waals surface area contributed by atoms with E-state index in [1.165, 1.54) is 19.2 Å². The number of aromatic nitrogens is 3. The first-order valence-corrected chi connectivity index (χ1v) is 12.6. The molecule has 3 aromatic rings. The first-order valence-electron chi connectivity index (χ1n) is 12.6. The molecule has 2 aliphatic heterocycles. The molecule has 2 saturated carbocycles. The number of H-pyrrole nitrogens is 1. The summed E-state index contributed by atoms with van der Waals surface area (Å²) in [5.41, 5.74) is 2.86. The molecule has 0 bridgehead atoms. The maximum absolute atomic E-state index is 13.2. The number of carbonyl (C=O) groups is 2.